The average Bonchev–Trinajstić information content (AvgIpc) is 3.03. The molecule has 6 heteroatoms. The molecule has 0 amide bonds. The van der Waals surface area contributed by atoms with Gasteiger partial charge >= 0.3 is 0 Å². The number of hydrogen-bond acceptors (Lipinski definition) is 4. The molecule has 3 aromatic rings. The Hall–Kier alpha value is -2.34. The average molecular weight is 409 g/mol. The monoisotopic (exact) mass is 408 g/mol. The van der Waals surface area contributed by atoms with E-state index in [9.17, 15) is 4.79 Å². The first-order valence-corrected chi connectivity index (χ1v) is 11.3. The molecule has 0 bridgehead atoms. The minimum absolute atomic E-state index is 0.0235. The molecule has 0 N–H and O–H groups in total. The van der Waals surface area contributed by atoms with Gasteiger partial charge < -0.3 is 0 Å². The molecule has 2 heterocycles. The van der Waals surface area contributed by atoms with E-state index in [2.05, 4.69) is 45.5 Å². The van der Waals surface area contributed by atoms with Gasteiger partial charge in [0.2, 0.25) is 5.78 Å². The van der Waals surface area contributed by atoms with Gasteiger partial charge in [-0.05, 0) is 31.7 Å². The zero-order chi connectivity index (χ0) is 20.8. The highest BCUT2D eigenvalue weighted by Gasteiger charge is 2.38. The normalized spacial score (nSPS) is 17.9. The van der Waals surface area contributed by atoms with Gasteiger partial charge in [0.1, 0.15) is 0 Å². The van der Waals surface area contributed by atoms with Gasteiger partial charge in [0, 0.05) is 16.7 Å². The lowest BCUT2D eigenvalue weighted by Gasteiger charge is -2.35. The summed E-state index contributed by atoms with van der Waals surface area (Å²) in [6.07, 6.45) is 2.76. The van der Waals surface area contributed by atoms with Crippen molar-refractivity contribution in [3.05, 3.63) is 57.9 Å². The first-order chi connectivity index (χ1) is 13.9. The quantitative estimate of drug-likeness (QED) is 0.432. The van der Waals surface area contributed by atoms with Crippen LogP contribution in [-0.2, 0) is 18.4 Å². The molecule has 2 aromatic heterocycles. The highest BCUT2D eigenvalue weighted by molar-refractivity contribution is 7.99. The Morgan fingerprint density at radius 2 is 2.07 bits per heavy atom. The summed E-state index contributed by atoms with van der Waals surface area (Å²) in [5, 5.41) is 5.47. The summed E-state index contributed by atoms with van der Waals surface area (Å²) < 4.78 is 3.55. The Morgan fingerprint density at radius 3 is 2.76 bits per heavy atom. The Labute approximate surface area is 175 Å². The molecule has 0 saturated carbocycles. The third-order valence-corrected chi connectivity index (χ3v) is 6.92. The van der Waals surface area contributed by atoms with Gasteiger partial charge in [0.05, 0.1) is 17.8 Å². The molecule has 0 unspecified atom stereocenters. The summed E-state index contributed by atoms with van der Waals surface area (Å²) in [7, 11) is 0. The summed E-state index contributed by atoms with van der Waals surface area (Å²) >= 11 is 1.62. The largest absolute Gasteiger partial charge is 0.268 e. The van der Waals surface area contributed by atoms with Crippen LogP contribution in [0.1, 0.15) is 51.7 Å². The highest BCUT2D eigenvalue weighted by atomic mass is 32.2. The first-order valence-electron chi connectivity index (χ1n) is 10.3. The Bertz CT molecular complexity index is 1160. The van der Waals surface area contributed by atoms with Crippen molar-refractivity contribution >= 4 is 17.5 Å². The fourth-order valence-corrected chi connectivity index (χ4v) is 4.99. The van der Waals surface area contributed by atoms with E-state index < -0.39 is 0 Å². The van der Waals surface area contributed by atoms with E-state index >= 15 is 0 Å². The molecule has 1 atom stereocenters. The maximum Gasteiger partial charge on any atom is 0.265 e. The van der Waals surface area contributed by atoms with Gasteiger partial charge in [-0.2, -0.15) is 0 Å². The van der Waals surface area contributed by atoms with E-state index in [1.165, 1.54) is 5.56 Å². The molecule has 4 rings (SSSR count). The van der Waals surface area contributed by atoms with Crippen molar-refractivity contribution < 1.29 is 0 Å². The number of rotatable bonds is 6. The molecule has 29 heavy (non-hydrogen) atoms. The van der Waals surface area contributed by atoms with Crippen molar-refractivity contribution in [3.63, 3.8) is 0 Å². The van der Waals surface area contributed by atoms with Crippen LogP contribution in [0.5, 0.6) is 0 Å². The van der Waals surface area contributed by atoms with E-state index in [-0.39, 0.29) is 11.0 Å². The zero-order valence-electron chi connectivity index (χ0n) is 17.7. The van der Waals surface area contributed by atoms with Crippen molar-refractivity contribution in [1.29, 1.82) is 0 Å². The summed E-state index contributed by atoms with van der Waals surface area (Å²) in [6.45, 7) is 13.0. The predicted octanol–water partition coefficient (Wildman–Crippen LogP) is 4.86. The van der Waals surface area contributed by atoms with Gasteiger partial charge in [-0.1, -0.05) is 69.0 Å². The lowest BCUT2D eigenvalue weighted by atomic mass is 9.69. The van der Waals surface area contributed by atoms with Crippen molar-refractivity contribution in [3.8, 4) is 11.3 Å². The summed E-state index contributed by atoms with van der Waals surface area (Å²) in [5.41, 5.74) is 4.73. The van der Waals surface area contributed by atoms with Crippen molar-refractivity contribution in [2.24, 2.45) is 0 Å². The third-order valence-electron chi connectivity index (χ3n) is 5.79. The zero-order valence-corrected chi connectivity index (χ0v) is 18.5. The minimum Gasteiger partial charge on any atom is -0.268 e. The van der Waals surface area contributed by atoms with Gasteiger partial charge in [-0.25, -0.2) is 14.1 Å². The highest BCUT2D eigenvalue weighted by Crippen LogP contribution is 2.42. The van der Waals surface area contributed by atoms with E-state index in [1.54, 1.807) is 16.2 Å². The van der Waals surface area contributed by atoms with Crippen LogP contribution < -0.4 is 5.56 Å². The van der Waals surface area contributed by atoms with Crippen LogP contribution in [0.2, 0.25) is 0 Å². The molecule has 0 spiro atoms. The molecule has 5 nitrogen and oxygen atoms in total. The van der Waals surface area contributed by atoms with Crippen LogP contribution in [0.15, 0.2) is 46.4 Å². The van der Waals surface area contributed by atoms with Crippen LogP contribution >= 0.6 is 11.8 Å². The van der Waals surface area contributed by atoms with Gasteiger partial charge in [-0.3, -0.25) is 4.79 Å². The smallest absolute Gasteiger partial charge is 0.265 e. The second kappa shape index (κ2) is 7.48. The number of nitrogens with zero attached hydrogens (tertiary/aromatic N) is 4. The van der Waals surface area contributed by atoms with Gasteiger partial charge in [-0.15, -0.1) is 5.10 Å². The topological polar surface area (TPSA) is 52.2 Å². The lowest BCUT2D eigenvalue weighted by molar-refractivity contribution is 0.439. The molecule has 1 aliphatic carbocycles. The molecule has 152 valence electrons. The van der Waals surface area contributed by atoms with Gasteiger partial charge in [0.15, 0.2) is 5.16 Å². The van der Waals surface area contributed by atoms with E-state index in [4.69, 9.17) is 10.1 Å². The summed E-state index contributed by atoms with van der Waals surface area (Å²) in [4.78, 5) is 18.9. The SMILES string of the molecule is C=C(C)Cn1nc(SCCC)n2c(=O)c3c(nc12)-c1ccccc1C[C@@]3(C)CC. The second-order valence-electron chi connectivity index (χ2n) is 8.27. The number of thioether (sulfide) groups is 1. The molecular weight excluding hydrogens is 380 g/mol. The molecule has 0 radical (unpaired) electrons. The molecule has 1 aromatic carbocycles. The number of aromatic nitrogens is 4. The number of fused-ring (bicyclic) bond motifs is 4. The maximum absolute atomic E-state index is 13.9. The second-order valence-corrected chi connectivity index (χ2v) is 9.33. The number of benzene rings is 1. The standard InChI is InChI=1S/C23H28N4OS/c1-6-12-29-22-25-26(14-15(3)4)21-24-19-17-11-9-8-10-16(17)13-23(5,7-2)18(19)20(28)27(21)22/h8-11H,3,6-7,12-14H2,1-2,4-5H3/t23-/m1/s1. The predicted molar refractivity (Wildman–Crippen MR) is 120 cm³/mol. The molecular formula is C23H28N4OS. The molecule has 1 aliphatic rings. The van der Waals surface area contributed by atoms with Gasteiger partial charge in [0.25, 0.3) is 5.56 Å². The van der Waals surface area contributed by atoms with E-state index in [0.717, 1.165) is 52.6 Å². The Kier molecular flexibility index (Phi) is 5.15. The molecule has 0 fully saturated rings. The van der Waals surface area contributed by atoms with E-state index in [0.29, 0.717) is 12.3 Å². The van der Waals surface area contributed by atoms with Crippen LogP contribution in [0.25, 0.3) is 17.0 Å². The minimum atomic E-state index is -0.238. The fraction of sp³-hybridized carbons (Fsp3) is 0.435. The first kappa shape index (κ1) is 20.0. The Morgan fingerprint density at radius 1 is 1.31 bits per heavy atom. The summed E-state index contributed by atoms with van der Waals surface area (Å²) in [6, 6.07) is 8.33. The molecule has 0 saturated heterocycles. The Balaban J connectivity index is 2.08. The van der Waals surface area contributed by atoms with E-state index in [1.807, 2.05) is 17.7 Å². The summed E-state index contributed by atoms with van der Waals surface area (Å²) in [5.74, 6) is 1.52. The van der Waals surface area contributed by atoms with Crippen LogP contribution in [0, 0.1) is 0 Å². The number of hydrogen-bond donors (Lipinski definition) is 0. The number of allylic oxidation sites excluding steroid dienone is 1. The van der Waals surface area contributed by atoms with Crippen molar-refractivity contribution in [2.75, 3.05) is 5.75 Å². The lowest BCUT2D eigenvalue weighted by Crippen LogP contribution is -2.37. The fourth-order valence-electron chi connectivity index (χ4n) is 4.15. The third kappa shape index (κ3) is 3.23. The maximum atomic E-state index is 13.9. The molecule has 0 aliphatic heterocycles. The van der Waals surface area contributed by atoms with Crippen molar-refractivity contribution in [2.45, 2.75) is 64.1 Å². The van der Waals surface area contributed by atoms with Crippen molar-refractivity contribution in [1.82, 2.24) is 19.2 Å². The van der Waals surface area contributed by atoms with Crippen LogP contribution in [-0.4, -0.2) is 24.9 Å². The van der Waals surface area contributed by atoms with Crippen LogP contribution in [0.3, 0.4) is 0 Å². The van der Waals surface area contributed by atoms with Crippen LogP contribution in [0.4, 0.5) is 0 Å².